The lowest BCUT2D eigenvalue weighted by Gasteiger charge is -2.12. The van der Waals surface area contributed by atoms with Crippen LogP contribution in [0.5, 0.6) is 0 Å². The molecule has 5 heteroatoms. The van der Waals surface area contributed by atoms with Gasteiger partial charge in [-0.3, -0.25) is 4.79 Å². The van der Waals surface area contributed by atoms with Gasteiger partial charge in [0, 0.05) is 28.3 Å². The largest absolute Gasteiger partial charge is 0.398 e. The maximum absolute atomic E-state index is 12.2. The second-order valence-corrected chi connectivity index (χ2v) is 6.23. The first-order valence-electron chi connectivity index (χ1n) is 8.42. The van der Waals surface area contributed by atoms with E-state index in [0.29, 0.717) is 11.3 Å². The number of anilines is 1. The van der Waals surface area contributed by atoms with Crippen molar-refractivity contribution in [1.82, 2.24) is 9.99 Å². The van der Waals surface area contributed by atoms with E-state index in [1.807, 2.05) is 25.1 Å². The molecule has 2 aromatic carbocycles. The maximum Gasteiger partial charge on any atom is 0.273 e. The van der Waals surface area contributed by atoms with Gasteiger partial charge in [0.25, 0.3) is 5.91 Å². The summed E-state index contributed by atoms with van der Waals surface area (Å²) in [5.74, 6) is -0.327. The van der Waals surface area contributed by atoms with Crippen molar-refractivity contribution in [3.05, 3.63) is 82.7 Å². The average molecular weight is 346 g/mol. The number of para-hydroxylation sites is 2. The van der Waals surface area contributed by atoms with E-state index >= 15 is 0 Å². The molecule has 1 amide bonds. The van der Waals surface area contributed by atoms with Crippen molar-refractivity contribution in [2.45, 2.75) is 20.8 Å². The number of amides is 1. The minimum atomic E-state index is -0.327. The maximum atomic E-state index is 12.2. The van der Waals surface area contributed by atoms with Crippen LogP contribution in [0, 0.1) is 20.8 Å². The van der Waals surface area contributed by atoms with E-state index in [1.165, 1.54) is 5.56 Å². The Bertz CT molecular complexity index is 985. The lowest BCUT2D eigenvalue weighted by atomic mass is 10.2. The highest BCUT2D eigenvalue weighted by Crippen LogP contribution is 2.22. The zero-order chi connectivity index (χ0) is 18.7. The lowest BCUT2D eigenvalue weighted by Crippen LogP contribution is -2.19. The molecule has 0 saturated heterocycles. The van der Waals surface area contributed by atoms with Gasteiger partial charge in [-0.05, 0) is 50.6 Å². The number of hydrazone groups is 1. The summed E-state index contributed by atoms with van der Waals surface area (Å²) in [6.45, 7) is 6.18. The minimum Gasteiger partial charge on any atom is -0.398 e. The summed E-state index contributed by atoms with van der Waals surface area (Å²) in [6, 6.07) is 17.2. The summed E-state index contributed by atoms with van der Waals surface area (Å²) >= 11 is 0. The highest BCUT2D eigenvalue weighted by Gasteiger charge is 2.11. The second-order valence-electron chi connectivity index (χ2n) is 6.23. The number of aryl methyl sites for hydroxylation is 2. The molecule has 0 saturated carbocycles. The number of nitrogens with one attached hydrogen (secondary N) is 1. The molecule has 1 heterocycles. The zero-order valence-corrected chi connectivity index (χ0v) is 15.2. The lowest BCUT2D eigenvalue weighted by molar-refractivity contribution is 0.0956. The van der Waals surface area contributed by atoms with Crippen LogP contribution in [0.15, 0.2) is 59.7 Å². The third-order valence-electron chi connectivity index (χ3n) is 4.40. The normalized spacial score (nSPS) is 11.0. The molecule has 3 aromatic rings. The van der Waals surface area contributed by atoms with Crippen molar-refractivity contribution in [2.24, 2.45) is 5.10 Å². The molecule has 0 aliphatic heterocycles. The van der Waals surface area contributed by atoms with Gasteiger partial charge in [-0.15, -0.1) is 0 Å². The van der Waals surface area contributed by atoms with Crippen molar-refractivity contribution in [3.8, 4) is 5.69 Å². The third-order valence-corrected chi connectivity index (χ3v) is 4.40. The van der Waals surface area contributed by atoms with Gasteiger partial charge in [-0.25, -0.2) is 5.43 Å². The summed E-state index contributed by atoms with van der Waals surface area (Å²) in [5, 5.41) is 4.10. The zero-order valence-electron chi connectivity index (χ0n) is 15.2. The van der Waals surface area contributed by atoms with Crippen LogP contribution in [0.2, 0.25) is 0 Å². The molecule has 0 unspecified atom stereocenters. The van der Waals surface area contributed by atoms with Crippen LogP contribution in [-0.2, 0) is 0 Å². The molecule has 3 N–H and O–H groups in total. The SMILES string of the molecule is Cc1ccccc1-n1c(C)cc(/C=N\NC(=O)c2ccccc2N)c1C. The molecule has 1 aromatic heterocycles. The number of nitrogen functional groups attached to an aromatic ring is 1. The van der Waals surface area contributed by atoms with E-state index < -0.39 is 0 Å². The molecule has 26 heavy (non-hydrogen) atoms. The van der Waals surface area contributed by atoms with E-state index in [1.54, 1.807) is 30.5 Å². The smallest absolute Gasteiger partial charge is 0.273 e. The van der Waals surface area contributed by atoms with Crippen molar-refractivity contribution >= 4 is 17.8 Å². The Morgan fingerprint density at radius 1 is 1.08 bits per heavy atom. The minimum absolute atomic E-state index is 0.327. The first kappa shape index (κ1) is 17.5. The Balaban J connectivity index is 1.82. The van der Waals surface area contributed by atoms with E-state index in [9.17, 15) is 4.79 Å². The highest BCUT2D eigenvalue weighted by molar-refractivity contribution is 5.99. The van der Waals surface area contributed by atoms with Crippen LogP contribution in [0.1, 0.15) is 32.9 Å². The molecular weight excluding hydrogens is 324 g/mol. The van der Waals surface area contributed by atoms with Crippen LogP contribution >= 0.6 is 0 Å². The highest BCUT2D eigenvalue weighted by atomic mass is 16.2. The predicted octanol–water partition coefficient (Wildman–Crippen LogP) is 3.75. The summed E-state index contributed by atoms with van der Waals surface area (Å²) < 4.78 is 2.19. The Morgan fingerprint density at radius 2 is 1.77 bits per heavy atom. The van der Waals surface area contributed by atoms with Crippen molar-refractivity contribution in [1.29, 1.82) is 0 Å². The van der Waals surface area contributed by atoms with Crippen molar-refractivity contribution in [3.63, 3.8) is 0 Å². The quantitative estimate of drug-likeness (QED) is 0.429. The Hall–Kier alpha value is -3.34. The van der Waals surface area contributed by atoms with E-state index in [2.05, 4.69) is 41.1 Å². The molecule has 0 bridgehead atoms. The number of hydrogen-bond donors (Lipinski definition) is 2. The first-order chi connectivity index (χ1) is 12.5. The van der Waals surface area contributed by atoms with Crippen molar-refractivity contribution in [2.75, 3.05) is 5.73 Å². The standard InChI is InChI=1S/C21H22N4O/c1-14-8-4-7-11-20(14)25-15(2)12-17(16(25)3)13-23-24-21(26)18-9-5-6-10-19(18)22/h4-13H,22H2,1-3H3,(H,24,26)/b23-13-. The second kappa shape index (κ2) is 7.27. The van der Waals surface area contributed by atoms with Crippen LogP contribution in [-0.4, -0.2) is 16.7 Å². The van der Waals surface area contributed by atoms with Crippen LogP contribution in [0.25, 0.3) is 5.69 Å². The monoisotopic (exact) mass is 346 g/mol. The number of carbonyl (C=O) groups excluding carboxylic acids is 1. The Morgan fingerprint density at radius 3 is 2.50 bits per heavy atom. The molecule has 0 aliphatic carbocycles. The summed E-state index contributed by atoms with van der Waals surface area (Å²) in [7, 11) is 0. The van der Waals surface area contributed by atoms with Crippen LogP contribution in [0.4, 0.5) is 5.69 Å². The van der Waals surface area contributed by atoms with Gasteiger partial charge in [-0.1, -0.05) is 30.3 Å². The van der Waals surface area contributed by atoms with Gasteiger partial charge < -0.3 is 10.3 Å². The molecule has 0 aliphatic rings. The molecular formula is C21H22N4O. The number of aromatic nitrogens is 1. The number of nitrogens with zero attached hydrogens (tertiary/aromatic N) is 2. The fraction of sp³-hybridized carbons (Fsp3) is 0.143. The van der Waals surface area contributed by atoms with Gasteiger partial charge in [0.1, 0.15) is 0 Å². The van der Waals surface area contributed by atoms with Crippen LogP contribution < -0.4 is 11.2 Å². The van der Waals surface area contributed by atoms with E-state index in [0.717, 1.165) is 22.6 Å². The average Bonchev–Trinajstić information content (AvgIpc) is 2.90. The third kappa shape index (κ3) is 3.37. The van der Waals surface area contributed by atoms with Gasteiger partial charge in [-0.2, -0.15) is 5.10 Å². The Labute approximate surface area is 153 Å². The van der Waals surface area contributed by atoms with Crippen LogP contribution in [0.3, 0.4) is 0 Å². The predicted molar refractivity (Wildman–Crippen MR) is 106 cm³/mol. The first-order valence-corrected chi connectivity index (χ1v) is 8.42. The van der Waals surface area contributed by atoms with Gasteiger partial charge in [0.2, 0.25) is 0 Å². The van der Waals surface area contributed by atoms with Crippen molar-refractivity contribution < 1.29 is 4.79 Å². The van der Waals surface area contributed by atoms with E-state index in [4.69, 9.17) is 5.73 Å². The number of rotatable bonds is 4. The molecule has 0 atom stereocenters. The molecule has 5 nitrogen and oxygen atoms in total. The fourth-order valence-electron chi connectivity index (χ4n) is 3.03. The van der Waals surface area contributed by atoms with Gasteiger partial charge >= 0.3 is 0 Å². The van der Waals surface area contributed by atoms with Gasteiger partial charge in [0.05, 0.1) is 11.8 Å². The number of carbonyl (C=O) groups is 1. The molecule has 132 valence electrons. The number of benzene rings is 2. The number of nitrogens with two attached hydrogens (primary N) is 1. The molecule has 0 fully saturated rings. The van der Waals surface area contributed by atoms with Gasteiger partial charge in [0.15, 0.2) is 0 Å². The molecule has 3 rings (SSSR count). The fourth-order valence-corrected chi connectivity index (χ4v) is 3.03. The summed E-state index contributed by atoms with van der Waals surface area (Å²) in [6.07, 6.45) is 1.66. The molecule has 0 radical (unpaired) electrons. The van der Waals surface area contributed by atoms with E-state index in [-0.39, 0.29) is 5.91 Å². The molecule has 0 spiro atoms. The topological polar surface area (TPSA) is 72.4 Å². The summed E-state index contributed by atoms with van der Waals surface area (Å²) in [4.78, 5) is 12.2. The Kier molecular flexibility index (Phi) is 4.89. The summed E-state index contributed by atoms with van der Waals surface area (Å²) in [5.41, 5.74) is 14.7. The number of hydrogen-bond acceptors (Lipinski definition) is 3.